The molecular formula is C47H31N5. The number of hydrogen-bond acceptors (Lipinski definition) is 4. The van der Waals surface area contributed by atoms with Crippen molar-refractivity contribution in [3.05, 3.63) is 187 Å². The van der Waals surface area contributed by atoms with Crippen LogP contribution in [0.1, 0.15) is 17.3 Å². The van der Waals surface area contributed by atoms with Gasteiger partial charge in [0, 0.05) is 39.2 Å². The maximum Gasteiger partial charge on any atom is 0.238 e. The van der Waals surface area contributed by atoms with Gasteiger partial charge < -0.3 is 4.90 Å². The average Bonchev–Trinajstić information content (AvgIpc) is 3.71. The molecule has 0 amide bonds. The van der Waals surface area contributed by atoms with Crippen molar-refractivity contribution in [2.45, 2.75) is 12.0 Å². The number of nitrogens with zero attached hydrogens (tertiary/aromatic N) is 5. The summed E-state index contributed by atoms with van der Waals surface area (Å²) in [5, 5.41) is 7.10. The van der Waals surface area contributed by atoms with Crippen molar-refractivity contribution in [3.63, 3.8) is 0 Å². The van der Waals surface area contributed by atoms with Crippen LogP contribution >= 0.6 is 0 Å². The Balaban J connectivity index is 1.18. The molecule has 5 nitrogen and oxygen atoms in total. The number of benzene rings is 7. The van der Waals surface area contributed by atoms with E-state index < -0.39 is 0 Å². The topological polar surface area (TPSA) is 46.8 Å². The highest BCUT2D eigenvalue weighted by Crippen LogP contribution is 2.52. The monoisotopic (exact) mass is 665 g/mol. The van der Waals surface area contributed by atoms with Crippen molar-refractivity contribution in [2.75, 3.05) is 4.90 Å². The van der Waals surface area contributed by atoms with Crippen LogP contribution in [0.15, 0.2) is 176 Å². The predicted octanol–water partition coefficient (Wildman–Crippen LogP) is 11.2. The lowest BCUT2D eigenvalue weighted by Gasteiger charge is -2.31. The predicted molar refractivity (Wildman–Crippen MR) is 213 cm³/mol. The van der Waals surface area contributed by atoms with Crippen molar-refractivity contribution < 1.29 is 0 Å². The van der Waals surface area contributed by atoms with Crippen LogP contribution in [-0.4, -0.2) is 25.6 Å². The molecule has 2 aromatic heterocycles. The minimum absolute atomic E-state index is 0.0336. The smallest absolute Gasteiger partial charge is 0.238 e. The molecule has 11 rings (SSSR count). The zero-order valence-electron chi connectivity index (χ0n) is 28.1. The number of hydrogen-bond donors (Lipinski definition) is 0. The van der Waals surface area contributed by atoms with E-state index in [-0.39, 0.29) is 12.0 Å². The Hall–Kier alpha value is -6.85. The van der Waals surface area contributed by atoms with Gasteiger partial charge in [-0.05, 0) is 69.6 Å². The molecule has 9 aromatic rings. The highest BCUT2D eigenvalue weighted by Gasteiger charge is 2.42. The highest BCUT2D eigenvalue weighted by atomic mass is 15.2. The largest absolute Gasteiger partial charge is 0.333 e. The van der Waals surface area contributed by atoms with E-state index >= 15 is 0 Å². The van der Waals surface area contributed by atoms with E-state index in [1.54, 1.807) is 0 Å². The lowest BCUT2D eigenvalue weighted by atomic mass is 9.83. The second-order valence-corrected chi connectivity index (χ2v) is 13.7. The summed E-state index contributed by atoms with van der Waals surface area (Å²) in [7, 11) is 0. The fraction of sp³-hybridized carbons (Fsp3) is 0.0426. The number of para-hydroxylation sites is 2. The minimum atomic E-state index is 0.0336. The summed E-state index contributed by atoms with van der Waals surface area (Å²) in [5.41, 5.74) is 7.81. The fourth-order valence-corrected chi connectivity index (χ4v) is 8.42. The van der Waals surface area contributed by atoms with E-state index in [2.05, 4.69) is 167 Å². The molecular weight excluding hydrogens is 635 g/mol. The van der Waals surface area contributed by atoms with Crippen molar-refractivity contribution in [2.24, 2.45) is 0 Å². The van der Waals surface area contributed by atoms with Gasteiger partial charge in [-0.15, -0.1) is 0 Å². The SMILES string of the molecule is C1=CC2C(C(c3nc(-c4ccccc4)nc(-n4c5cc6ccccc6cc5c5cc6ccccc6cc54)n3)=C1)c1ccccc1N2c1ccccc1. The molecule has 0 saturated heterocycles. The van der Waals surface area contributed by atoms with Crippen LogP contribution in [0.3, 0.4) is 0 Å². The van der Waals surface area contributed by atoms with E-state index in [0.29, 0.717) is 17.6 Å². The van der Waals surface area contributed by atoms with Gasteiger partial charge >= 0.3 is 0 Å². The fourth-order valence-electron chi connectivity index (χ4n) is 8.42. The van der Waals surface area contributed by atoms with Gasteiger partial charge in [-0.2, -0.15) is 9.97 Å². The van der Waals surface area contributed by atoms with Crippen LogP contribution in [0.5, 0.6) is 0 Å². The molecule has 0 bridgehead atoms. The third kappa shape index (κ3) is 4.39. The number of allylic oxidation sites excluding steroid dienone is 2. The first-order chi connectivity index (χ1) is 25.8. The van der Waals surface area contributed by atoms with Gasteiger partial charge in [-0.1, -0.05) is 133 Å². The Morgan fingerprint density at radius 2 is 1.06 bits per heavy atom. The second-order valence-electron chi connectivity index (χ2n) is 13.7. The first kappa shape index (κ1) is 28.9. The van der Waals surface area contributed by atoms with Gasteiger partial charge in [0.25, 0.3) is 0 Å². The number of anilines is 2. The van der Waals surface area contributed by atoms with Crippen LogP contribution in [0.25, 0.3) is 66.3 Å². The van der Waals surface area contributed by atoms with Gasteiger partial charge in [0.1, 0.15) is 0 Å². The molecule has 0 fully saturated rings. The van der Waals surface area contributed by atoms with Crippen molar-refractivity contribution in [3.8, 4) is 17.3 Å². The molecule has 5 heteroatoms. The Morgan fingerprint density at radius 3 is 1.73 bits per heavy atom. The van der Waals surface area contributed by atoms with Crippen molar-refractivity contribution in [1.29, 1.82) is 0 Å². The Labute approximate surface area is 300 Å². The van der Waals surface area contributed by atoms with Crippen molar-refractivity contribution >= 4 is 60.3 Å². The minimum Gasteiger partial charge on any atom is -0.333 e. The maximum absolute atomic E-state index is 5.44. The van der Waals surface area contributed by atoms with Crippen LogP contribution in [0.4, 0.5) is 11.4 Å². The van der Waals surface area contributed by atoms with Gasteiger partial charge in [0.15, 0.2) is 11.6 Å². The molecule has 52 heavy (non-hydrogen) atoms. The molecule has 3 heterocycles. The Bertz CT molecular complexity index is 2830. The lowest BCUT2D eigenvalue weighted by Crippen LogP contribution is -2.30. The van der Waals surface area contributed by atoms with E-state index in [4.69, 9.17) is 15.0 Å². The van der Waals surface area contributed by atoms with E-state index in [0.717, 1.165) is 22.2 Å². The van der Waals surface area contributed by atoms with Crippen LogP contribution in [-0.2, 0) is 0 Å². The summed E-state index contributed by atoms with van der Waals surface area (Å²) in [6, 6.07) is 56.1. The zero-order chi connectivity index (χ0) is 34.2. The third-order valence-electron chi connectivity index (χ3n) is 10.7. The lowest BCUT2D eigenvalue weighted by molar-refractivity contribution is 0.749. The molecule has 7 aromatic carbocycles. The summed E-state index contributed by atoms with van der Waals surface area (Å²) in [5.74, 6) is 1.97. The van der Waals surface area contributed by atoms with Crippen molar-refractivity contribution in [1.82, 2.24) is 19.5 Å². The molecule has 2 aliphatic rings. The van der Waals surface area contributed by atoms with E-state index in [1.807, 2.05) is 18.2 Å². The second kappa shape index (κ2) is 11.3. The number of aromatic nitrogens is 4. The summed E-state index contributed by atoms with van der Waals surface area (Å²) in [6.45, 7) is 0. The molecule has 0 spiro atoms. The maximum atomic E-state index is 5.44. The van der Waals surface area contributed by atoms with E-state index in [1.165, 1.54) is 49.3 Å². The summed E-state index contributed by atoms with van der Waals surface area (Å²) < 4.78 is 2.25. The van der Waals surface area contributed by atoms with Crippen LogP contribution < -0.4 is 4.90 Å². The molecule has 0 radical (unpaired) electrons. The summed E-state index contributed by atoms with van der Waals surface area (Å²) >= 11 is 0. The third-order valence-corrected chi connectivity index (χ3v) is 10.7. The van der Waals surface area contributed by atoms with E-state index in [9.17, 15) is 0 Å². The van der Waals surface area contributed by atoms with Gasteiger partial charge in [-0.3, -0.25) is 4.57 Å². The first-order valence-electron chi connectivity index (χ1n) is 17.8. The molecule has 244 valence electrons. The van der Waals surface area contributed by atoms with Gasteiger partial charge in [0.2, 0.25) is 5.95 Å². The van der Waals surface area contributed by atoms with Crippen LogP contribution in [0.2, 0.25) is 0 Å². The quantitative estimate of drug-likeness (QED) is 0.188. The van der Waals surface area contributed by atoms with Gasteiger partial charge in [0.05, 0.1) is 17.1 Å². The molecule has 0 N–H and O–H groups in total. The summed E-state index contributed by atoms with van der Waals surface area (Å²) in [6.07, 6.45) is 6.68. The Morgan fingerprint density at radius 1 is 0.500 bits per heavy atom. The highest BCUT2D eigenvalue weighted by molar-refractivity contribution is 6.16. The normalized spacial score (nSPS) is 16.5. The van der Waals surface area contributed by atoms with Crippen LogP contribution in [0, 0.1) is 0 Å². The summed E-state index contributed by atoms with van der Waals surface area (Å²) in [4.78, 5) is 18.4. The number of fused-ring (bicyclic) bond motifs is 8. The standard InChI is InChI=1S/C47H31N5/c1-3-14-30(15-4-1)45-48-46(37-23-13-25-41-44(37)36-22-11-12-24-40(36)51(41)35-20-5-2-6-21-35)50-47(49-45)52-42-28-33-18-9-7-16-31(33)26-38(42)39-27-32-17-8-10-19-34(32)29-43(39)52/h1-29,41,44H. The average molecular weight is 666 g/mol. The molecule has 2 unspecified atom stereocenters. The molecule has 0 saturated carbocycles. The number of rotatable bonds is 4. The molecule has 1 aliphatic carbocycles. The van der Waals surface area contributed by atoms with Gasteiger partial charge in [-0.25, -0.2) is 4.98 Å². The first-order valence-corrected chi connectivity index (χ1v) is 17.8. The zero-order valence-corrected chi connectivity index (χ0v) is 28.1. The molecule has 2 atom stereocenters. The molecule has 1 aliphatic heterocycles. The Kier molecular flexibility index (Phi) is 6.31.